The van der Waals surface area contributed by atoms with Gasteiger partial charge in [0.05, 0.1) is 7.05 Å². The molecule has 1 heterocycles. The third kappa shape index (κ3) is 1.56. The van der Waals surface area contributed by atoms with Crippen LogP contribution in [0.5, 0.6) is 0 Å². The lowest BCUT2D eigenvalue weighted by atomic mass is 10.2. The minimum absolute atomic E-state index is 0.681. The number of rotatable bonds is 2. The van der Waals surface area contributed by atoms with Crippen LogP contribution in [0.1, 0.15) is 13.8 Å². The number of nitrogens with zero attached hydrogens (tertiary/aromatic N) is 3. The summed E-state index contributed by atoms with van der Waals surface area (Å²) in [4.78, 5) is 1.85. The van der Waals surface area contributed by atoms with Gasteiger partial charge in [-0.2, -0.15) is 4.68 Å². The molecule has 0 fully saturated rings. The lowest BCUT2D eigenvalue weighted by Crippen LogP contribution is -2.43. The van der Waals surface area contributed by atoms with Crippen molar-refractivity contribution in [3.63, 3.8) is 0 Å². The molecule has 0 aromatic carbocycles. The van der Waals surface area contributed by atoms with E-state index in [-0.39, 0.29) is 0 Å². The van der Waals surface area contributed by atoms with E-state index in [1.54, 1.807) is 0 Å². The Morgan fingerprint density at radius 2 is 2.30 bits per heavy atom. The summed E-state index contributed by atoms with van der Waals surface area (Å²) in [7, 11) is 1.95. The molecule has 3 nitrogen and oxygen atoms in total. The lowest BCUT2D eigenvalue weighted by molar-refractivity contribution is -0.782. The average Bonchev–Trinajstić information content (AvgIpc) is 2.15. The Morgan fingerprint density at radius 3 is 2.70 bits per heavy atom. The quantitative estimate of drug-likeness (QED) is 0.544. The standard InChI is InChI=1S/C7H14N3/c1-7(2)6-10-5-4-8-9(10)3/h4-5,7H,6H2,1-3H3/q+1. The molecule has 0 N–H and O–H groups in total. The summed E-state index contributed by atoms with van der Waals surface area (Å²) in [6.07, 6.45) is 3.79. The Balaban J connectivity index is 2.65. The van der Waals surface area contributed by atoms with E-state index in [0.29, 0.717) is 5.92 Å². The van der Waals surface area contributed by atoms with Crippen LogP contribution in [-0.2, 0) is 13.6 Å². The highest BCUT2D eigenvalue weighted by molar-refractivity contribution is 4.50. The number of hydrogen-bond donors (Lipinski definition) is 0. The summed E-state index contributed by atoms with van der Waals surface area (Å²) in [5.41, 5.74) is 0. The first-order valence-electron chi connectivity index (χ1n) is 3.58. The van der Waals surface area contributed by atoms with Crippen LogP contribution in [0.15, 0.2) is 12.4 Å². The molecule has 0 aliphatic heterocycles. The summed E-state index contributed by atoms with van der Waals surface area (Å²) in [6.45, 7) is 5.43. The molecular formula is C7H14N3+. The van der Waals surface area contributed by atoms with Crippen molar-refractivity contribution >= 4 is 0 Å². The molecule has 0 radical (unpaired) electrons. The van der Waals surface area contributed by atoms with Crippen molar-refractivity contribution in [1.82, 2.24) is 9.90 Å². The fourth-order valence-electron chi connectivity index (χ4n) is 0.919. The predicted octanol–water partition coefficient (Wildman–Crippen LogP) is 0.364. The molecule has 1 aromatic heterocycles. The van der Waals surface area contributed by atoms with E-state index in [9.17, 15) is 0 Å². The van der Waals surface area contributed by atoms with E-state index in [1.165, 1.54) is 0 Å². The molecule has 0 spiro atoms. The Kier molecular flexibility index (Phi) is 2.04. The van der Waals surface area contributed by atoms with Gasteiger partial charge in [0.15, 0.2) is 6.20 Å². The summed E-state index contributed by atoms with van der Waals surface area (Å²) >= 11 is 0. The van der Waals surface area contributed by atoms with Crippen molar-refractivity contribution in [3.8, 4) is 0 Å². The minimum atomic E-state index is 0.681. The SMILES string of the molecule is CC(C)C[n+]1ccnn1C. The van der Waals surface area contributed by atoms with Crippen LogP contribution in [0.3, 0.4) is 0 Å². The van der Waals surface area contributed by atoms with Gasteiger partial charge in [0, 0.05) is 5.10 Å². The van der Waals surface area contributed by atoms with E-state index >= 15 is 0 Å². The van der Waals surface area contributed by atoms with Crippen molar-refractivity contribution < 1.29 is 4.68 Å². The molecule has 0 aliphatic carbocycles. The zero-order chi connectivity index (χ0) is 7.56. The van der Waals surface area contributed by atoms with Crippen molar-refractivity contribution in [1.29, 1.82) is 0 Å². The molecular weight excluding hydrogens is 126 g/mol. The fraction of sp³-hybridized carbons (Fsp3) is 0.714. The van der Waals surface area contributed by atoms with Crippen molar-refractivity contribution in [2.75, 3.05) is 0 Å². The molecule has 10 heavy (non-hydrogen) atoms. The second kappa shape index (κ2) is 2.82. The topological polar surface area (TPSA) is 21.7 Å². The van der Waals surface area contributed by atoms with E-state index in [4.69, 9.17) is 0 Å². The zero-order valence-corrected chi connectivity index (χ0v) is 6.78. The predicted molar refractivity (Wildman–Crippen MR) is 38.2 cm³/mol. The normalized spacial score (nSPS) is 10.8. The summed E-state index contributed by atoms with van der Waals surface area (Å²) in [6, 6.07) is 0. The molecule has 0 atom stereocenters. The Labute approximate surface area is 61.3 Å². The van der Waals surface area contributed by atoms with Crippen molar-refractivity contribution in [2.24, 2.45) is 13.0 Å². The minimum Gasteiger partial charge on any atom is -0.161 e. The maximum Gasteiger partial charge on any atom is 0.206 e. The van der Waals surface area contributed by atoms with E-state index < -0.39 is 0 Å². The Morgan fingerprint density at radius 1 is 1.60 bits per heavy atom. The van der Waals surface area contributed by atoms with Gasteiger partial charge >= 0.3 is 0 Å². The summed E-state index contributed by atoms with van der Waals surface area (Å²) < 4.78 is 2.09. The number of aromatic nitrogens is 3. The lowest BCUT2D eigenvalue weighted by Gasteiger charge is -2.00. The van der Waals surface area contributed by atoms with Crippen LogP contribution in [0, 0.1) is 5.92 Å². The van der Waals surface area contributed by atoms with Crippen LogP contribution in [-0.4, -0.2) is 9.90 Å². The molecule has 0 aliphatic rings. The summed E-state index contributed by atoms with van der Waals surface area (Å²) in [5.74, 6) is 0.681. The van der Waals surface area contributed by atoms with Gasteiger partial charge in [0.2, 0.25) is 6.20 Å². The monoisotopic (exact) mass is 140 g/mol. The first kappa shape index (κ1) is 7.25. The van der Waals surface area contributed by atoms with Crippen LogP contribution in [0.2, 0.25) is 0 Å². The van der Waals surface area contributed by atoms with Gasteiger partial charge < -0.3 is 0 Å². The molecule has 0 unspecified atom stereocenters. The summed E-state index contributed by atoms with van der Waals surface area (Å²) in [5, 5.41) is 4.05. The zero-order valence-electron chi connectivity index (χ0n) is 6.78. The molecule has 3 heteroatoms. The molecule has 0 saturated carbocycles. The van der Waals surface area contributed by atoms with E-state index in [2.05, 4.69) is 23.6 Å². The van der Waals surface area contributed by atoms with Crippen LogP contribution in [0.4, 0.5) is 0 Å². The second-order valence-electron chi connectivity index (χ2n) is 2.92. The second-order valence-corrected chi connectivity index (χ2v) is 2.92. The van der Waals surface area contributed by atoms with Gasteiger partial charge in [-0.1, -0.05) is 13.8 Å². The average molecular weight is 140 g/mol. The highest BCUT2D eigenvalue weighted by Gasteiger charge is 2.04. The van der Waals surface area contributed by atoms with Gasteiger partial charge in [0.25, 0.3) is 0 Å². The highest BCUT2D eigenvalue weighted by Crippen LogP contribution is 1.88. The van der Waals surface area contributed by atoms with Crippen LogP contribution in [0.25, 0.3) is 0 Å². The molecule has 0 amide bonds. The van der Waals surface area contributed by atoms with Gasteiger partial charge in [0.1, 0.15) is 6.54 Å². The smallest absolute Gasteiger partial charge is 0.161 e. The first-order chi connectivity index (χ1) is 4.70. The van der Waals surface area contributed by atoms with Crippen molar-refractivity contribution in [3.05, 3.63) is 12.4 Å². The largest absolute Gasteiger partial charge is 0.206 e. The maximum absolute atomic E-state index is 4.05. The molecule has 56 valence electrons. The van der Waals surface area contributed by atoms with E-state index in [1.807, 2.05) is 24.2 Å². The molecule has 1 aromatic rings. The molecule has 0 saturated heterocycles. The fourth-order valence-corrected chi connectivity index (χ4v) is 0.919. The third-order valence-electron chi connectivity index (χ3n) is 1.40. The Hall–Kier alpha value is -0.860. The first-order valence-corrected chi connectivity index (χ1v) is 3.58. The maximum atomic E-state index is 4.05. The van der Waals surface area contributed by atoms with Gasteiger partial charge in [-0.05, 0) is 10.7 Å². The van der Waals surface area contributed by atoms with Gasteiger partial charge in [-0.3, -0.25) is 0 Å². The number of hydrogen-bond acceptors (Lipinski definition) is 1. The van der Waals surface area contributed by atoms with Gasteiger partial charge in [-0.15, -0.1) is 0 Å². The van der Waals surface area contributed by atoms with Crippen molar-refractivity contribution in [2.45, 2.75) is 20.4 Å². The highest BCUT2D eigenvalue weighted by atomic mass is 15.5. The van der Waals surface area contributed by atoms with E-state index in [0.717, 1.165) is 6.54 Å². The number of aryl methyl sites for hydroxylation is 1. The van der Waals surface area contributed by atoms with Crippen LogP contribution < -0.4 is 4.68 Å². The molecule has 1 rings (SSSR count). The Bertz CT molecular complexity index is 202. The van der Waals surface area contributed by atoms with Gasteiger partial charge in [-0.25, -0.2) is 0 Å². The van der Waals surface area contributed by atoms with Crippen LogP contribution >= 0.6 is 0 Å². The molecule has 0 bridgehead atoms. The third-order valence-corrected chi connectivity index (χ3v) is 1.40.